The van der Waals surface area contributed by atoms with Crippen molar-refractivity contribution in [2.24, 2.45) is 29.7 Å². The molecule has 3 heterocycles. The average Bonchev–Trinajstić information content (AvgIpc) is 3.34. The second-order valence-electron chi connectivity index (χ2n) is 11.0. The molecule has 2 aromatic heterocycles. The van der Waals surface area contributed by atoms with Gasteiger partial charge in [-0.05, 0) is 49.2 Å². The molecule has 5 atom stereocenters. The molecule has 8 heteroatoms. The van der Waals surface area contributed by atoms with Crippen LogP contribution in [-0.4, -0.2) is 43.4 Å². The zero-order chi connectivity index (χ0) is 25.8. The Bertz CT molecular complexity index is 1340. The predicted octanol–water partition coefficient (Wildman–Crippen LogP) is 3.67. The van der Waals surface area contributed by atoms with Crippen molar-refractivity contribution < 1.29 is 19.7 Å². The molecule has 3 aliphatic rings. The van der Waals surface area contributed by atoms with Gasteiger partial charge < -0.3 is 25.3 Å². The third-order valence-electron chi connectivity index (χ3n) is 8.83. The van der Waals surface area contributed by atoms with Crippen LogP contribution in [-0.2, 0) is 16.6 Å². The third kappa shape index (κ3) is 3.79. The number of nitrogens with zero attached hydrogens (tertiary/aromatic N) is 3. The molecule has 0 radical (unpaired) electrons. The Balaban J connectivity index is 1.43. The van der Waals surface area contributed by atoms with E-state index in [9.17, 15) is 15.0 Å². The average molecular weight is 491 g/mol. The minimum atomic E-state index is -0.548. The summed E-state index contributed by atoms with van der Waals surface area (Å²) in [4.78, 5) is 21.0. The van der Waals surface area contributed by atoms with Crippen LogP contribution in [0.4, 0.5) is 5.95 Å². The molecule has 2 aromatic rings. The number of aromatic nitrogens is 3. The van der Waals surface area contributed by atoms with Crippen LogP contribution in [0.1, 0.15) is 45.1 Å². The fraction of sp³-hybridized carbons (Fsp3) is 0.464. The molecule has 2 saturated carbocycles. The monoisotopic (exact) mass is 490 g/mol. The summed E-state index contributed by atoms with van der Waals surface area (Å²) in [6.45, 7) is 8.53. The Labute approximate surface area is 210 Å². The van der Waals surface area contributed by atoms with Gasteiger partial charge in [-0.2, -0.15) is 4.98 Å². The Morgan fingerprint density at radius 2 is 2.14 bits per heavy atom. The first-order chi connectivity index (χ1) is 17.1. The van der Waals surface area contributed by atoms with Crippen LogP contribution in [0, 0.1) is 22.7 Å². The molecule has 1 aliphatic heterocycles. The molecule has 5 rings (SSSR count). The maximum Gasteiger partial charge on any atom is 0.343 e. The SMILES string of the molecule is C=C1CCC2[C@](C)(CC[C@@H](O)[C@@]2(C)CO)C1C=CC1=CC(=Cc2cn(C)c3nc(N)ncc23)OC1=O. The predicted molar refractivity (Wildman–Crippen MR) is 138 cm³/mol. The summed E-state index contributed by atoms with van der Waals surface area (Å²) < 4.78 is 7.39. The van der Waals surface area contributed by atoms with Crippen LogP contribution < -0.4 is 5.73 Å². The van der Waals surface area contributed by atoms with Gasteiger partial charge in [0.2, 0.25) is 5.95 Å². The van der Waals surface area contributed by atoms with Crippen molar-refractivity contribution in [1.29, 1.82) is 0 Å². The summed E-state index contributed by atoms with van der Waals surface area (Å²) in [6.07, 6.45) is 13.7. The Morgan fingerprint density at radius 1 is 1.36 bits per heavy atom. The molecule has 2 fully saturated rings. The number of aliphatic hydroxyl groups is 2. The summed E-state index contributed by atoms with van der Waals surface area (Å²) in [5, 5.41) is 21.7. The van der Waals surface area contributed by atoms with Gasteiger partial charge in [-0.1, -0.05) is 38.2 Å². The van der Waals surface area contributed by atoms with Crippen molar-refractivity contribution in [3.8, 4) is 0 Å². The number of aliphatic hydroxyl groups excluding tert-OH is 2. The first-order valence-electron chi connectivity index (χ1n) is 12.4. The normalized spacial score (nSPS) is 33.9. The number of anilines is 1. The largest absolute Gasteiger partial charge is 0.423 e. The van der Waals surface area contributed by atoms with E-state index in [0.29, 0.717) is 23.4 Å². The number of carbonyl (C=O) groups excluding carboxylic acids is 1. The molecule has 0 aromatic carbocycles. The number of fused-ring (bicyclic) bond motifs is 2. The molecule has 0 bridgehead atoms. The topological polar surface area (TPSA) is 123 Å². The van der Waals surface area contributed by atoms with E-state index < -0.39 is 17.5 Å². The first-order valence-corrected chi connectivity index (χ1v) is 12.4. The van der Waals surface area contributed by atoms with E-state index >= 15 is 0 Å². The van der Waals surface area contributed by atoms with Gasteiger partial charge in [0.1, 0.15) is 11.4 Å². The van der Waals surface area contributed by atoms with Gasteiger partial charge in [-0.3, -0.25) is 0 Å². The highest BCUT2D eigenvalue weighted by molar-refractivity contribution is 5.97. The highest BCUT2D eigenvalue weighted by Gasteiger charge is 2.57. The fourth-order valence-electron chi connectivity index (χ4n) is 6.75. The standard InChI is InChI=1S/C28H34N4O4/c1-16-5-8-22-27(2,10-9-23(34)28(22,3)15-33)21(16)7-6-17-11-19(36-25(17)35)12-18-14-32(4)24-20(18)13-30-26(29)31-24/h6-7,11-14,21-23,33-34H,1,5,8-10,15H2,2-4H3,(H2,29,30,31)/t21?,22?,23-,27-,28+/m1/s1. The highest BCUT2D eigenvalue weighted by Crippen LogP contribution is 2.61. The second kappa shape index (κ2) is 8.71. The highest BCUT2D eigenvalue weighted by atomic mass is 16.5. The van der Waals surface area contributed by atoms with Gasteiger partial charge in [-0.15, -0.1) is 0 Å². The van der Waals surface area contributed by atoms with E-state index in [2.05, 4.69) is 29.5 Å². The molecule has 2 unspecified atom stereocenters. The van der Waals surface area contributed by atoms with E-state index in [0.717, 1.165) is 35.8 Å². The van der Waals surface area contributed by atoms with E-state index in [1.807, 2.05) is 30.8 Å². The second-order valence-corrected chi connectivity index (χ2v) is 11.0. The molecule has 190 valence electrons. The van der Waals surface area contributed by atoms with Crippen LogP contribution >= 0.6 is 0 Å². The van der Waals surface area contributed by atoms with E-state index in [1.54, 1.807) is 18.3 Å². The Morgan fingerprint density at radius 3 is 2.89 bits per heavy atom. The minimum absolute atomic E-state index is 0.0389. The lowest BCUT2D eigenvalue weighted by Gasteiger charge is -2.59. The molecule has 0 spiro atoms. The summed E-state index contributed by atoms with van der Waals surface area (Å²) in [5.74, 6) is 0.442. The number of ether oxygens (including phenoxy) is 1. The maximum atomic E-state index is 12.7. The Kier molecular flexibility index (Phi) is 5.92. The molecule has 0 amide bonds. The van der Waals surface area contributed by atoms with Crippen LogP contribution in [0.15, 0.2) is 54.1 Å². The number of rotatable bonds is 4. The lowest BCUT2D eigenvalue weighted by molar-refractivity contribution is -0.145. The van der Waals surface area contributed by atoms with Crippen LogP contribution in [0.25, 0.3) is 17.1 Å². The van der Waals surface area contributed by atoms with Crippen molar-refractivity contribution >= 4 is 29.0 Å². The summed E-state index contributed by atoms with van der Waals surface area (Å²) >= 11 is 0. The zero-order valence-electron chi connectivity index (χ0n) is 21.1. The Hall–Kier alpha value is -3.23. The van der Waals surface area contributed by atoms with E-state index in [1.165, 1.54) is 0 Å². The number of esters is 1. The van der Waals surface area contributed by atoms with Gasteiger partial charge in [-0.25, -0.2) is 9.78 Å². The van der Waals surface area contributed by atoms with Crippen LogP contribution in [0.3, 0.4) is 0 Å². The smallest absolute Gasteiger partial charge is 0.343 e. The van der Waals surface area contributed by atoms with Gasteiger partial charge in [0.15, 0.2) is 0 Å². The number of nitrogen functional groups attached to an aromatic ring is 1. The number of allylic oxidation sites excluding steroid dienone is 3. The van der Waals surface area contributed by atoms with Crippen molar-refractivity contribution in [2.75, 3.05) is 12.3 Å². The molecular weight excluding hydrogens is 456 g/mol. The van der Waals surface area contributed by atoms with Gasteiger partial charge in [0, 0.05) is 41.7 Å². The zero-order valence-corrected chi connectivity index (χ0v) is 21.1. The summed E-state index contributed by atoms with van der Waals surface area (Å²) in [7, 11) is 1.87. The summed E-state index contributed by atoms with van der Waals surface area (Å²) in [6, 6.07) is 0. The lowest BCUT2D eigenvalue weighted by atomic mass is 9.46. The number of nitrogens with two attached hydrogens (primary N) is 1. The maximum absolute atomic E-state index is 12.7. The lowest BCUT2D eigenvalue weighted by Crippen LogP contribution is -2.57. The number of hydrogen-bond donors (Lipinski definition) is 3. The molecule has 36 heavy (non-hydrogen) atoms. The van der Waals surface area contributed by atoms with Gasteiger partial charge in [0.25, 0.3) is 0 Å². The van der Waals surface area contributed by atoms with E-state index in [4.69, 9.17) is 10.5 Å². The van der Waals surface area contributed by atoms with Crippen LogP contribution in [0.2, 0.25) is 0 Å². The van der Waals surface area contributed by atoms with Crippen molar-refractivity contribution in [3.63, 3.8) is 0 Å². The molecule has 4 N–H and O–H groups in total. The van der Waals surface area contributed by atoms with Gasteiger partial charge >= 0.3 is 5.97 Å². The van der Waals surface area contributed by atoms with Crippen molar-refractivity contribution in [2.45, 2.75) is 45.6 Å². The number of hydrogen-bond acceptors (Lipinski definition) is 7. The quantitative estimate of drug-likeness (QED) is 0.441. The number of aryl methyl sites for hydroxylation is 1. The molecule has 0 saturated heterocycles. The van der Waals surface area contributed by atoms with Crippen LogP contribution in [0.5, 0.6) is 0 Å². The fourth-order valence-corrected chi connectivity index (χ4v) is 6.75. The third-order valence-corrected chi connectivity index (χ3v) is 8.83. The molecule has 2 aliphatic carbocycles. The van der Waals surface area contributed by atoms with Crippen molar-refractivity contribution in [1.82, 2.24) is 14.5 Å². The number of cyclic esters (lactones) is 1. The molecule has 8 nitrogen and oxygen atoms in total. The number of carbonyl (C=O) groups is 1. The minimum Gasteiger partial charge on any atom is -0.423 e. The van der Waals surface area contributed by atoms with Gasteiger partial charge in [0.05, 0.1) is 18.3 Å². The first kappa shape index (κ1) is 24.5. The van der Waals surface area contributed by atoms with Crippen molar-refractivity contribution in [3.05, 3.63) is 59.7 Å². The summed E-state index contributed by atoms with van der Waals surface area (Å²) in [5.41, 5.74) is 8.14. The van der Waals surface area contributed by atoms with E-state index in [-0.39, 0.29) is 29.8 Å². The molecular formula is C28H34N4O4.